The highest BCUT2D eigenvalue weighted by Gasteiger charge is 2.45. The Bertz CT molecular complexity index is 1150. The Balaban J connectivity index is 2.04. The van der Waals surface area contributed by atoms with Gasteiger partial charge in [0, 0.05) is 30.8 Å². The zero-order valence-electron chi connectivity index (χ0n) is 19.6. The van der Waals surface area contributed by atoms with E-state index in [0.717, 1.165) is 0 Å². The third kappa shape index (κ3) is 5.55. The fourth-order valence-electron chi connectivity index (χ4n) is 3.83. The number of nitro benzene ring substituents is 1. The number of carbonyl (C=O) groups excluding carboxylic acids is 3. The summed E-state index contributed by atoms with van der Waals surface area (Å²) in [6.07, 6.45) is 0.466. The molecule has 1 atom stereocenters. The van der Waals surface area contributed by atoms with Gasteiger partial charge in [-0.1, -0.05) is 12.1 Å². The fourth-order valence-corrected chi connectivity index (χ4v) is 3.83. The molecule has 35 heavy (non-hydrogen) atoms. The molecule has 2 aromatic carbocycles. The minimum Gasteiger partial charge on any atom is -0.507 e. The number of carbonyl (C=O) groups is 3. The van der Waals surface area contributed by atoms with Crippen LogP contribution in [0.5, 0.6) is 0 Å². The van der Waals surface area contributed by atoms with Gasteiger partial charge in [0.05, 0.1) is 35.3 Å². The molecule has 184 valence electrons. The fraction of sp³-hybridized carbons (Fsp3) is 0.320. The van der Waals surface area contributed by atoms with Crippen molar-refractivity contribution < 1.29 is 33.9 Å². The molecule has 1 fully saturated rings. The van der Waals surface area contributed by atoms with Crippen LogP contribution in [0.4, 0.5) is 5.69 Å². The number of nitro groups is 1. The molecule has 1 aliphatic rings. The molecule has 0 radical (unpaired) electrons. The van der Waals surface area contributed by atoms with Gasteiger partial charge in [0.1, 0.15) is 5.76 Å². The van der Waals surface area contributed by atoms with Crippen LogP contribution >= 0.6 is 0 Å². The van der Waals surface area contributed by atoms with E-state index in [1.807, 2.05) is 13.8 Å². The van der Waals surface area contributed by atoms with E-state index in [9.17, 15) is 29.6 Å². The molecule has 1 N–H and O–H groups in total. The third-order valence-corrected chi connectivity index (χ3v) is 5.53. The van der Waals surface area contributed by atoms with E-state index in [1.54, 1.807) is 12.1 Å². The summed E-state index contributed by atoms with van der Waals surface area (Å²) in [4.78, 5) is 49.5. The van der Waals surface area contributed by atoms with Crippen molar-refractivity contribution in [1.29, 1.82) is 0 Å². The molecule has 0 aromatic heterocycles. The Morgan fingerprint density at radius 1 is 1.09 bits per heavy atom. The van der Waals surface area contributed by atoms with Crippen LogP contribution in [-0.2, 0) is 19.1 Å². The maximum Gasteiger partial charge on any atom is 0.337 e. The number of amides is 1. The number of ketones is 1. The zero-order chi connectivity index (χ0) is 25.7. The van der Waals surface area contributed by atoms with Crippen molar-refractivity contribution in [1.82, 2.24) is 4.90 Å². The Kier molecular flexibility index (Phi) is 7.98. The highest BCUT2D eigenvalue weighted by Crippen LogP contribution is 2.39. The van der Waals surface area contributed by atoms with Gasteiger partial charge in [0.2, 0.25) is 0 Å². The number of Topliss-reactive ketones (excluding diaryl/α,β-unsaturated/α-hetero) is 1. The second-order valence-electron chi connectivity index (χ2n) is 8.18. The van der Waals surface area contributed by atoms with Gasteiger partial charge in [-0.25, -0.2) is 4.79 Å². The van der Waals surface area contributed by atoms with Crippen LogP contribution < -0.4 is 0 Å². The summed E-state index contributed by atoms with van der Waals surface area (Å²) in [7, 11) is 1.26. The van der Waals surface area contributed by atoms with E-state index < -0.39 is 34.4 Å². The molecular formula is C25H26N2O8. The first kappa shape index (κ1) is 25.6. The Morgan fingerprint density at radius 2 is 1.69 bits per heavy atom. The van der Waals surface area contributed by atoms with Crippen molar-refractivity contribution in [2.75, 3.05) is 20.3 Å². The maximum absolute atomic E-state index is 13.0. The number of benzene rings is 2. The van der Waals surface area contributed by atoms with E-state index in [-0.39, 0.29) is 35.0 Å². The minimum absolute atomic E-state index is 0.00853. The number of likely N-dealkylation sites (tertiary alicyclic amines) is 1. The number of non-ortho nitro benzene ring substituents is 1. The number of aliphatic hydroxyl groups is 1. The summed E-state index contributed by atoms with van der Waals surface area (Å²) >= 11 is 0. The number of methoxy groups -OCH3 is 1. The van der Waals surface area contributed by atoms with E-state index in [1.165, 1.54) is 48.4 Å². The van der Waals surface area contributed by atoms with Crippen LogP contribution in [0, 0.1) is 10.1 Å². The maximum atomic E-state index is 13.0. The Morgan fingerprint density at radius 3 is 2.23 bits per heavy atom. The van der Waals surface area contributed by atoms with Crippen LogP contribution in [0.25, 0.3) is 5.76 Å². The lowest BCUT2D eigenvalue weighted by Crippen LogP contribution is -2.31. The molecule has 0 unspecified atom stereocenters. The lowest BCUT2D eigenvalue weighted by molar-refractivity contribution is -0.384. The largest absolute Gasteiger partial charge is 0.507 e. The first-order chi connectivity index (χ1) is 16.6. The van der Waals surface area contributed by atoms with Crippen molar-refractivity contribution in [3.05, 3.63) is 80.9 Å². The van der Waals surface area contributed by atoms with Gasteiger partial charge in [-0.15, -0.1) is 0 Å². The summed E-state index contributed by atoms with van der Waals surface area (Å²) in [6, 6.07) is 10.3. The number of hydrogen-bond donors (Lipinski definition) is 1. The smallest absolute Gasteiger partial charge is 0.337 e. The van der Waals surface area contributed by atoms with Gasteiger partial charge in [-0.2, -0.15) is 0 Å². The van der Waals surface area contributed by atoms with Gasteiger partial charge in [-0.3, -0.25) is 19.7 Å². The standard InChI is InChI=1S/C25H26N2O8/c1-15(2)35-14-4-13-26-21(16-5-7-18(8-6-16)25(31)34-3)20(23(29)24(26)30)22(28)17-9-11-19(12-10-17)27(32)33/h5-12,15,21,28H,4,13-14H2,1-3H3/t21-/m1/s1. The average molecular weight is 482 g/mol. The molecule has 10 nitrogen and oxygen atoms in total. The number of nitrogens with zero attached hydrogens (tertiary/aromatic N) is 2. The predicted molar refractivity (Wildman–Crippen MR) is 126 cm³/mol. The number of rotatable bonds is 9. The molecule has 1 amide bonds. The number of hydrogen-bond acceptors (Lipinski definition) is 8. The van der Waals surface area contributed by atoms with Crippen LogP contribution in [0.15, 0.2) is 54.1 Å². The molecule has 0 aliphatic carbocycles. The van der Waals surface area contributed by atoms with Gasteiger partial charge in [-0.05, 0) is 50.1 Å². The van der Waals surface area contributed by atoms with Crippen LogP contribution in [0.2, 0.25) is 0 Å². The Hall–Kier alpha value is -4.05. The monoisotopic (exact) mass is 482 g/mol. The predicted octanol–water partition coefficient (Wildman–Crippen LogP) is 3.62. The summed E-state index contributed by atoms with van der Waals surface area (Å²) in [5, 5.41) is 22.0. The molecule has 3 rings (SSSR count). The third-order valence-electron chi connectivity index (χ3n) is 5.53. The van der Waals surface area contributed by atoms with Gasteiger partial charge in [0.25, 0.3) is 17.4 Å². The lowest BCUT2D eigenvalue weighted by atomic mass is 9.94. The molecule has 0 spiro atoms. The average Bonchev–Trinajstić information content (AvgIpc) is 3.10. The number of esters is 1. The van der Waals surface area contributed by atoms with Crippen LogP contribution in [-0.4, -0.2) is 59.0 Å². The topological polar surface area (TPSA) is 136 Å². The molecule has 1 saturated heterocycles. The molecular weight excluding hydrogens is 456 g/mol. The minimum atomic E-state index is -0.920. The Labute approximate surface area is 201 Å². The van der Waals surface area contributed by atoms with Crippen LogP contribution in [0.3, 0.4) is 0 Å². The molecule has 10 heteroatoms. The highest BCUT2D eigenvalue weighted by molar-refractivity contribution is 6.46. The molecule has 0 bridgehead atoms. The second-order valence-corrected chi connectivity index (χ2v) is 8.18. The van der Waals surface area contributed by atoms with E-state index in [2.05, 4.69) is 0 Å². The van der Waals surface area contributed by atoms with Crippen molar-refractivity contribution in [3.63, 3.8) is 0 Å². The van der Waals surface area contributed by atoms with E-state index in [4.69, 9.17) is 9.47 Å². The van der Waals surface area contributed by atoms with Crippen molar-refractivity contribution in [3.8, 4) is 0 Å². The molecule has 1 aliphatic heterocycles. The number of ether oxygens (including phenoxy) is 2. The highest BCUT2D eigenvalue weighted by atomic mass is 16.6. The summed E-state index contributed by atoms with van der Waals surface area (Å²) in [5.41, 5.74) is 0.633. The van der Waals surface area contributed by atoms with Crippen LogP contribution in [0.1, 0.15) is 47.8 Å². The van der Waals surface area contributed by atoms with Gasteiger partial charge >= 0.3 is 5.97 Å². The zero-order valence-corrected chi connectivity index (χ0v) is 19.6. The lowest BCUT2D eigenvalue weighted by Gasteiger charge is -2.25. The first-order valence-corrected chi connectivity index (χ1v) is 11.0. The molecule has 0 saturated carbocycles. The number of aliphatic hydroxyl groups excluding tert-OH is 1. The first-order valence-electron chi connectivity index (χ1n) is 11.0. The van der Waals surface area contributed by atoms with Gasteiger partial charge < -0.3 is 19.5 Å². The molecule has 2 aromatic rings. The SMILES string of the molecule is COC(=O)c1ccc([C@@H]2C(=C(O)c3ccc([N+](=O)[O-])cc3)C(=O)C(=O)N2CCCOC(C)C)cc1. The van der Waals surface area contributed by atoms with Crippen molar-refractivity contribution in [2.45, 2.75) is 32.4 Å². The van der Waals surface area contributed by atoms with Crippen molar-refractivity contribution >= 4 is 29.1 Å². The molecule has 1 heterocycles. The normalized spacial score (nSPS) is 17.1. The summed E-state index contributed by atoms with van der Waals surface area (Å²) in [5.74, 6) is -2.63. The second kappa shape index (κ2) is 10.9. The quantitative estimate of drug-likeness (QED) is 0.109. The summed E-state index contributed by atoms with van der Waals surface area (Å²) in [6.45, 7) is 4.34. The van der Waals surface area contributed by atoms with Crippen molar-refractivity contribution in [2.24, 2.45) is 0 Å². The van der Waals surface area contributed by atoms with E-state index in [0.29, 0.717) is 18.6 Å². The van der Waals surface area contributed by atoms with E-state index >= 15 is 0 Å². The van der Waals surface area contributed by atoms with Gasteiger partial charge in [0.15, 0.2) is 0 Å². The summed E-state index contributed by atoms with van der Waals surface area (Å²) < 4.78 is 10.3.